The summed E-state index contributed by atoms with van der Waals surface area (Å²) in [4.78, 5) is 2.43. The van der Waals surface area contributed by atoms with Crippen LogP contribution >= 0.6 is 0 Å². The fourth-order valence-corrected chi connectivity index (χ4v) is 2.57. The van der Waals surface area contributed by atoms with Crippen molar-refractivity contribution in [2.24, 2.45) is 11.7 Å². The van der Waals surface area contributed by atoms with Crippen molar-refractivity contribution in [1.82, 2.24) is 4.90 Å². The summed E-state index contributed by atoms with van der Waals surface area (Å²) in [6, 6.07) is 0. The molecular weight excluding hydrogens is 232 g/mol. The van der Waals surface area contributed by atoms with Crippen LogP contribution in [0, 0.1) is 5.92 Å². The van der Waals surface area contributed by atoms with E-state index < -0.39 is 0 Å². The van der Waals surface area contributed by atoms with Gasteiger partial charge in [-0.15, -0.1) is 0 Å². The third kappa shape index (κ3) is 14.1. The maximum atomic E-state index is 5.65. The zero-order valence-corrected chi connectivity index (χ0v) is 13.8. The molecule has 0 aromatic carbocycles. The lowest BCUT2D eigenvalue weighted by Crippen LogP contribution is -2.29. The van der Waals surface area contributed by atoms with Crippen molar-refractivity contribution in [3.05, 3.63) is 0 Å². The number of nitrogens with zero attached hydrogens (tertiary/aromatic N) is 1. The molecule has 116 valence electrons. The van der Waals surface area contributed by atoms with Crippen molar-refractivity contribution in [3.8, 4) is 0 Å². The molecule has 0 saturated heterocycles. The highest BCUT2D eigenvalue weighted by Gasteiger charge is 2.03. The lowest BCUT2D eigenvalue weighted by atomic mass is 10.1. The second-order valence-electron chi connectivity index (χ2n) is 6.29. The normalized spacial score (nSPS) is 13.1. The van der Waals surface area contributed by atoms with E-state index in [1.54, 1.807) is 0 Å². The lowest BCUT2D eigenvalue weighted by Gasteiger charge is -2.20. The number of hydrogen-bond donors (Lipinski definition) is 1. The van der Waals surface area contributed by atoms with Crippen LogP contribution in [0.4, 0.5) is 0 Å². The Kier molecular flexibility index (Phi) is 14.3. The Hall–Kier alpha value is -0.0800. The fourth-order valence-electron chi connectivity index (χ4n) is 2.57. The molecule has 0 heterocycles. The van der Waals surface area contributed by atoms with Gasteiger partial charge in [0.25, 0.3) is 0 Å². The standard InChI is InChI=1S/C17H38N2/c1-4-5-6-7-8-9-10-11-12-13-14-19(3)16-17(2)15-18/h17H,4-16,18H2,1-3H3. The molecule has 0 aliphatic rings. The van der Waals surface area contributed by atoms with Gasteiger partial charge in [-0.25, -0.2) is 0 Å². The second kappa shape index (κ2) is 14.3. The molecule has 0 radical (unpaired) electrons. The molecule has 1 unspecified atom stereocenters. The second-order valence-corrected chi connectivity index (χ2v) is 6.29. The van der Waals surface area contributed by atoms with E-state index in [-0.39, 0.29) is 0 Å². The molecule has 0 spiro atoms. The Labute approximate surface area is 122 Å². The largest absolute Gasteiger partial charge is 0.330 e. The summed E-state index contributed by atoms with van der Waals surface area (Å²) in [5.41, 5.74) is 5.65. The van der Waals surface area contributed by atoms with E-state index >= 15 is 0 Å². The quantitative estimate of drug-likeness (QED) is 0.473. The van der Waals surface area contributed by atoms with Crippen LogP contribution in [0.5, 0.6) is 0 Å². The van der Waals surface area contributed by atoms with Gasteiger partial charge in [0.05, 0.1) is 0 Å². The minimum Gasteiger partial charge on any atom is -0.330 e. The van der Waals surface area contributed by atoms with Gasteiger partial charge in [-0.2, -0.15) is 0 Å². The highest BCUT2D eigenvalue weighted by Crippen LogP contribution is 2.10. The van der Waals surface area contributed by atoms with E-state index in [2.05, 4.69) is 25.8 Å². The highest BCUT2D eigenvalue weighted by molar-refractivity contribution is 4.59. The molecule has 19 heavy (non-hydrogen) atoms. The van der Waals surface area contributed by atoms with E-state index in [0.717, 1.165) is 13.1 Å². The molecule has 2 heteroatoms. The summed E-state index contributed by atoms with van der Waals surface area (Å²) in [7, 11) is 2.22. The minimum absolute atomic E-state index is 0.633. The Bertz CT molecular complexity index is 171. The highest BCUT2D eigenvalue weighted by atomic mass is 15.1. The fraction of sp³-hybridized carbons (Fsp3) is 1.00. The zero-order chi connectivity index (χ0) is 14.3. The van der Waals surface area contributed by atoms with Crippen LogP contribution in [0.2, 0.25) is 0 Å². The SMILES string of the molecule is CCCCCCCCCCCCN(C)CC(C)CN. The number of hydrogen-bond acceptors (Lipinski definition) is 2. The summed E-state index contributed by atoms with van der Waals surface area (Å²) in [5, 5.41) is 0. The molecule has 2 nitrogen and oxygen atoms in total. The van der Waals surface area contributed by atoms with Crippen LogP contribution in [0.3, 0.4) is 0 Å². The van der Waals surface area contributed by atoms with Crippen LogP contribution in [0.1, 0.15) is 78.1 Å². The Morgan fingerprint density at radius 1 is 0.842 bits per heavy atom. The van der Waals surface area contributed by atoms with E-state index in [0.29, 0.717) is 5.92 Å². The van der Waals surface area contributed by atoms with E-state index in [4.69, 9.17) is 5.73 Å². The third-order valence-electron chi connectivity index (χ3n) is 3.92. The van der Waals surface area contributed by atoms with Crippen molar-refractivity contribution in [2.75, 3.05) is 26.7 Å². The first-order valence-corrected chi connectivity index (χ1v) is 8.59. The van der Waals surface area contributed by atoms with Gasteiger partial charge in [0.15, 0.2) is 0 Å². The van der Waals surface area contributed by atoms with Crippen LogP contribution < -0.4 is 5.73 Å². The molecule has 0 fully saturated rings. The average molecular weight is 271 g/mol. The van der Waals surface area contributed by atoms with Crippen LogP contribution in [-0.4, -0.2) is 31.6 Å². The van der Waals surface area contributed by atoms with Gasteiger partial charge < -0.3 is 10.6 Å². The molecule has 0 aromatic rings. The van der Waals surface area contributed by atoms with E-state index in [1.807, 2.05) is 0 Å². The first kappa shape index (κ1) is 18.9. The van der Waals surface area contributed by atoms with E-state index in [9.17, 15) is 0 Å². The number of rotatable bonds is 14. The summed E-state index contributed by atoms with van der Waals surface area (Å²) >= 11 is 0. The molecule has 0 aliphatic carbocycles. The smallest absolute Gasteiger partial charge is 0.00160 e. The molecule has 1 atom stereocenters. The van der Waals surface area contributed by atoms with Gasteiger partial charge in [0.1, 0.15) is 0 Å². The number of unbranched alkanes of at least 4 members (excludes halogenated alkanes) is 9. The predicted molar refractivity (Wildman–Crippen MR) is 87.6 cm³/mol. The van der Waals surface area contributed by atoms with Crippen molar-refractivity contribution in [2.45, 2.75) is 78.1 Å². The molecule has 0 saturated carbocycles. The summed E-state index contributed by atoms with van der Waals surface area (Å²) in [5.74, 6) is 0.633. The molecule has 0 rings (SSSR count). The molecule has 0 amide bonds. The summed E-state index contributed by atoms with van der Waals surface area (Å²) in [6.45, 7) is 7.71. The van der Waals surface area contributed by atoms with Crippen molar-refractivity contribution >= 4 is 0 Å². The molecule has 2 N–H and O–H groups in total. The Morgan fingerprint density at radius 3 is 1.79 bits per heavy atom. The first-order chi connectivity index (χ1) is 9.20. The van der Waals surface area contributed by atoms with Crippen molar-refractivity contribution in [1.29, 1.82) is 0 Å². The Balaban J connectivity index is 3.13. The van der Waals surface area contributed by atoms with Crippen molar-refractivity contribution in [3.63, 3.8) is 0 Å². The van der Waals surface area contributed by atoms with Crippen molar-refractivity contribution < 1.29 is 0 Å². The van der Waals surface area contributed by atoms with E-state index in [1.165, 1.54) is 70.8 Å². The lowest BCUT2D eigenvalue weighted by molar-refractivity contribution is 0.282. The molecule has 0 aromatic heterocycles. The molecule has 0 bridgehead atoms. The molecule has 0 aliphatic heterocycles. The third-order valence-corrected chi connectivity index (χ3v) is 3.92. The Morgan fingerprint density at radius 2 is 1.32 bits per heavy atom. The van der Waals surface area contributed by atoms with Crippen LogP contribution in [0.15, 0.2) is 0 Å². The van der Waals surface area contributed by atoms with Crippen LogP contribution in [0.25, 0.3) is 0 Å². The monoisotopic (exact) mass is 270 g/mol. The molecular formula is C17H38N2. The minimum atomic E-state index is 0.633. The summed E-state index contributed by atoms with van der Waals surface area (Å²) in [6.07, 6.45) is 14.2. The zero-order valence-electron chi connectivity index (χ0n) is 13.8. The van der Waals surface area contributed by atoms with Gasteiger partial charge in [-0.05, 0) is 32.5 Å². The average Bonchev–Trinajstić information content (AvgIpc) is 2.40. The van der Waals surface area contributed by atoms with Gasteiger partial charge in [-0.3, -0.25) is 0 Å². The first-order valence-electron chi connectivity index (χ1n) is 8.59. The van der Waals surface area contributed by atoms with Crippen LogP contribution in [-0.2, 0) is 0 Å². The number of nitrogens with two attached hydrogens (primary N) is 1. The maximum absolute atomic E-state index is 5.65. The van der Waals surface area contributed by atoms with Gasteiger partial charge in [0, 0.05) is 6.54 Å². The predicted octanol–water partition coefficient (Wildman–Crippen LogP) is 4.43. The topological polar surface area (TPSA) is 29.3 Å². The van der Waals surface area contributed by atoms with Gasteiger partial charge in [0.2, 0.25) is 0 Å². The van der Waals surface area contributed by atoms with Gasteiger partial charge >= 0.3 is 0 Å². The van der Waals surface area contributed by atoms with Gasteiger partial charge in [-0.1, -0.05) is 71.6 Å². The summed E-state index contributed by atoms with van der Waals surface area (Å²) < 4.78 is 0. The maximum Gasteiger partial charge on any atom is 0.00160 e.